The van der Waals surface area contributed by atoms with Crippen molar-refractivity contribution in [3.63, 3.8) is 0 Å². The van der Waals surface area contributed by atoms with Gasteiger partial charge in [0.1, 0.15) is 46.8 Å². The summed E-state index contributed by atoms with van der Waals surface area (Å²) in [6.07, 6.45) is 9.03. The average molecular weight is 629 g/mol. The fraction of sp³-hybridized carbons (Fsp3) is 0.412. The van der Waals surface area contributed by atoms with Crippen LogP contribution in [0.3, 0.4) is 0 Å². The highest BCUT2D eigenvalue weighted by atomic mass is 19.1. The Morgan fingerprint density at radius 2 is 1.98 bits per heavy atom. The third-order valence-electron chi connectivity index (χ3n) is 9.75. The van der Waals surface area contributed by atoms with Crippen LogP contribution in [0.2, 0.25) is 0 Å². The fourth-order valence-corrected chi connectivity index (χ4v) is 7.22. The number of phenolic OH excluding ortho intramolecular Hbond substituents is 1. The van der Waals surface area contributed by atoms with Gasteiger partial charge in [-0.05, 0) is 55.8 Å². The maximum atomic E-state index is 16.8. The van der Waals surface area contributed by atoms with Gasteiger partial charge in [-0.2, -0.15) is 15.2 Å². The number of hydrogen-bond donors (Lipinski definition) is 2. The average Bonchev–Trinajstić information content (AvgIpc) is 3.55. The summed E-state index contributed by atoms with van der Waals surface area (Å²) in [5.41, 5.74) is -1.68. The van der Waals surface area contributed by atoms with Crippen LogP contribution in [-0.2, 0) is 0 Å². The summed E-state index contributed by atoms with van der Waals surface area (Å²) in [6, 6.07) is 7.49. The van der Waals surface area contributed by atoms with Crippen LogP contribution in [-0.4, -0.2) is 70.0 Å². The van der Waals surface area contributed by atoms with E-state index in [0.717, 1.165) is 25.8 Å². The summed E-state index contributed by atoms with van der Waals surface area (Å²) in [6.45, 7) is 1.46. The minimum absolute atomic E-state index is 0.0362. The van der Waals surface area contributed by atoms with Crippen LogP contribution < -0.4 is 14.8 Å². The Hall–Kier alpha value is -4.81. The van der Waals surface area contributed by atoms with E-state index >= 15 is 4.39 Å². The van der Waals surface area contributed by atoms with E-state index in [4.69, 9.17) is 15.9 Å². The first-order valence-corrected chi connectivity index (χ1v) is 15.2. The number of aromatic nitrogens is 3. The number of halogens is 3. The van der Waals surface area contributed by atoms with Crippen LogP contribution in [0.15, 0.2) is 24.3 Å². The van der Waals surface area contributed by atoms with E-state index in [0.29, 0.717) is 31.2 Å². The molecule has 0 unspecified atom stereocenters. The van der Waals surface area contributed by atoms with E-state index in [1.807, 2.05) is 0 Å². The molecule has 2 aromatic carbocycles. The van der Waals surface area contributed by atoms with E-state index in [9.17, 15) is 19.1 Å². The van der Waals surface area contributed by atoms with Crippen LogP contribution in [0.25, 0.3) is 32.9 Å². The molecule has 1 aliphatic carbocycles. The maximum Gasteiger partial charge on any atom is 0.319 e. The van der Waals surface area contributed by atoms with Crippen molar-refractivity contribution in [2.24, 2.45) is 5.41 Å². The molecule has 0 radical (unpaired) electrons. The predicted octanol–water partition coefficient (Wildman–Crippen LogP) is 5.88. The molecular weight excluding hydrogens is 597 g/mol. The van der Waals surface area contributed by atoms with Crippen LogP contribution in [0.4, 0.5) is 19.0 Å². The number of benzene rings is 2. The molecule has 2 N–H and O–H groups in total. The van der Waals surface area contributed by atoms with E-state index < -0.39 is 28.8 Å². The van der Waals surface area contributed by atoms with Gasteiger partial charge in [-0.1, -0.05) is 18.4 Å². The number of hydrogen-bond acceptors (Lipinski definition) is 9. The second kappa shape index (κ2) is 11.2. The molecule has 0 amide bonds. The standard InChI is InChI=1S/C34H31F3N6O3/c1-3-22-24(36)7-6-19-12-21(44)13-23(25(19)22)28-27(37)29-26(31(40-28)45-2)30(39-17-33(16-38)8-4-9-33)42-32(41-29)46-18-34-10-5-11-43(34)15-20(35)14-34/h1,6-7,12-13,20,44H,4-5,8-11,14-15,17-18H2,2H3,(H,39,41,42)/t20-,34+/m1/s1. The summed E-state index contributed by atoms with van der Waals surface area (Å²) in [7, 11) is 1.36. The Balaban J connectivity index is 1.40. The number of nitrogens with zero attached hydrogens (tertiary/aromatic N) is 5. The lowest BCUT2D eigenvalue weighted by atomic mass is 9.70. The largest absolute Gasteiger partial charge is 0.508 e. The van der Waals surface area contributed by atoms with Gasteiger partial charge in [0.15, 0.2) is 5.82 Å². The molecule has 7 rings (SSSR count). The zero-order valence-electron chi connectivity index (χ0n) is 25.2. The number of ether oxygens (including phenoxy) is 2. The molecule has 0 spiro atoms. The van der Waals surface area contributed by atoms with Crippen molar-refractivity contribution in [2.45, 2.75) is 50.2 Å². The molecule has 46 heavy (non-hydrogen) atoms. The Morgan fingerprint density at radius 1 is 1.15 bits per heavy atom. The number of pyridine rings is 1. The van der Waals surface area contributed by atoms with Gasteiger partial charge in [0.2, 0.25) is 5.88 Å². The van der Waals surface area contributed by atoms with Crippen molar-refractivity contribution in [2.75, 3.05) is 38.7 Å². The molecule has 2 atom stereocenters. The van der Waals surface area contributed by atoms with E-state index in [2.05, 4.69) is 37.2 Å². The molecule has 3 aliphatic rings. The maximum absolute atomic E-state index is 16.8. The lowest BCUT2D eigenvalue weighted by molar-refractivity contribution is 0.107. The molecule has 2 saturated heterocycles. The molecule has 2 aromatic heterocycles. The number of rotatable bonds is 8. The van der Waals surface area contributed by atoms with Gasteiger partial charge in [-0.3, -0.25) is 4.90 Å². The van der Waals surface area contributed by atoms with Gasteiger partial charge < -0.3 is 19.9 Å². The molecule has 9 nitrogen and oxygen atoms in total. The Kier molecular flexibility index (Phi) is 7.28. The molecule has 0 bridgehead atoms. The van der Waals surface area contributed by atoms with Crippen LogP contribution in [0, 0.1) is 40.7 Å². The summed E-state index contributed by atoms with van der Waals surface area (Å²) < 4.78 is 57.9. The summed E-state index contributed by atoms with van der Waals surface area (Å²) in [4.78, 5) is 15.6. The number of anilines is 1. The second-order valence-electron chi connectivity index (χ2n) is 12.5. The zero-order chi connectivity index (χ0) is 32.2. The molecule has 3 fully saturated rings. The third kappa shape index (κ3) is 4.79. The van der Waals surface area contributed by atoms with Crippen LogP contribution in [0.1, 0.15) is 44.1 Å². The van der Waals surface area contributed by atoms with Crippen molar-refractivity contribution >= 4 is 27.5 Å². The van der Waals surface area contributed by atoms with E-state index in [-0.39, 0.29) is 69.7 Å². The number of phenols is 1. The Morgan fingerprint density at radius 3 is 2.70 bits per heavy atom. The molecule has 1 saturated carbocycles. The van der Waals surface area contributed by atoms with Gasteiger partial charge in [0, 0.05) is 30.5 Å². The van der Waals surface area contributed by atoms with Crippen molar-refractivity contribution in [3.05, 3.63) is 41.5 Å². The first-order valence-electron chi connectivity index (χ1n) is 15.2. The number of alkyl halides is 1. The van der Waals surface area contributed by atoms with E-state index in [1.54, 1.807) is 0 Å². The monoisotopic (exact) mass is 628 g/mol. The number of nitrogens with one attached hydrogen (secondary N) is 1. The lowest BCUT2D eigenvalue weighted by Crippen LogP contribution is -2.43. The SMILES string of the molecule is C#Cc1c(F)ccc2cc(O)cc(-c3nc(OC)c4c(NCC5(C#N)CCC5)nc(OC[C@@]56CCCN5C[C@H](F)C6)nc4c3F)c12. The number of terminal acetylenes is 1. The van der Waals surface area contributed by atoms with Gasteiger partial charge in [0.05, 0.1) is 29.7 Å². The predicted molar refractivity (Wildman–Crippen MR) is 165 cm³/mol. The Labute approximate surface area is 263 Å². The van der Waals surface area contributed by atoms with E-state index in [1.165, 1.54) is 31.4 Å². The second-order valence-corrected chi connectivity index (χ2v) is 12.5. The molecule has 12 heteroatoms. The van der Waals surface area contributed by atoms with Gasteiger partial charge >= 0.3 is 6.01 Å². The summed E-state index contributed by atoms with van der Waals surface area (Å²) >= 11 is 0. The highest BCUT2D eigenvalue weighted by Crippen LogP contribution is 2.44. The number of aromatic hydroxyl groups is 1. The minimum Gasteiger partial charge on any atom is -0.508 e. The van der Waals surface area contributed by atoms with Crippen molar-refractivity contribution in [3.8, 4) is 47.3 Å². The van der Waals surface area contributed by atoms with Crippen molar-refractivity contribution in [1.82, 2.24) is 19.9 Å². The quantitative estimate of drug-likeness (QED) is 0.231. The number of fused-ring (bicyclic) bond motifs is 3. The normalized spacial score (nSPS) is 21.8. The number of nitriles is 1. The van der Waals surface area contributed by atoms with Crippen molar-refractivity contribution in [1.29, 1.82) is 5.26 Å². The topological polar surface area (TPSA) is 116 Å². The highest BCUT2D eigenvalue weighted by molar-refractivity contribution is 6.04. The fourth-order valence-electron chi connectivity index (χ4n) is 7.22. The van der Waals surface area contributed by atoms with Crippen LogP contribution >= 0.6 is 0 Å². The first-order chi connectivity index (χ1) is 22.2. The first kappa shape index (κ1) is 29.9. The minimum atomic E-state index is -0.964. The molecule has 236 valence electrons. The van der Waals surface area contributed by atoms with Crippen molar-refractivity contribution < 1.29 is 27.8 Å². The van der Waals surface area contributed by atoms with Gasteiger partial charge in [-0.25, -0.2) is 18.2 Å². The van der Waals surface area contributed by atoms with Crippen LogP contribution in [0.5, 0.6) is 17.6 Å². The van der Waals surface area contributed by atoms with Gasteiger partial charge in [-0.15, -0.1) is 6.42 Å². The highest BCUT2D eigenvalue weighted by Gasteiger charge is 2.49. The molecule has 2 aliphatic heterocycles. The summed E-state index contributed by atoms with van der Waals surface area (Å²) in [5.74, 6) is 0.629. The molecule has 4 heterocycles. The third-order valence-corrected chi connectivity index (χ3v) is 9.75. The summed E-state index contributed by atoms with van der Waals surface area (Å²) in [5, 5.41) is 24.3. The Bertz CT molecular complexity index is 1970. The molecule has 4 aromatic rings. The number of methoxy groups -OCH3 is 1. The van der Waals surface area contributed by atoms with Gasteiger partial charge in [0.25, 0.3) is 0 Å². The molecular formula is C34H31F3N6O3. The smallest absolute Gasteiger partial charge is 0.319 e. The lowest BCUT2D eigenvalue weighted by Gasteiger charge is -2.35. The zero-order valence-corrected chi connectivity index (χ0v) is 25.2.